The van der Waals surface area contributed by atoms with Gasteiger partial charge in [0.05, 0.1) is 0 Å². The van der Waals surface area contributed by atoms with E-state index >= 15 is 0 Å². The molecule has 0 spiro atoms. The molecule has 1 aromatic carbocycles. The highest BCUT2D eigenvalue weighted by Gasteiger charge is 2.28. The molecule has 1 aromatic rings. The fraction of sp³-hybridized carbons (Fsp3) is 0.600. The van der Waals surface area contributed by atoms with Crippen molar-refractivity contribution in [1.29, 1.82) is 0 Å². The van der Waals surface area contributed by atoms with Gasteiger partial charge in [-0.2, -0.15) is 0 Å². The Kier molecular flexibility index (Phi) is 2.96. The van der Waals surface area contributed by atoms with Crippen molar-refractivity contribution in [3.05, 3.63) is 35.9 Å². The maximum absolute atomic E-state index is 2.73. The van der Waals surface area contributed by atoms with Crippen LogP contribution < -0.4 is 0 Å². The molecule has 1 heteroatoms. The van der Waals surface area contributed by atoms with E-state index in [4.69, 9.17) is 0 Å². The van der Waals surface area contributed by atoms with E-state index in [0.717, 1.165) is 12.0 Å². The first-order chi connectivity index (χ1) is 7.93. The molecule has 2 fully saturated rings. The first kappa shape index (κ1) is 10.3. The van der Waals surface area contributed by atoms with Gasteiger partial charge >= 0.3 is 0 Å². The smallest absolute Gasteiger partial charge is 0.00959 e. The summed E-state index contributed by atoms with van der Waals surface area (Å²) in [5.41, 5.74) is 1.56. The summed E-state index contributed by atoms with van der Waals surface area (Å²) in [6, 6.07) is 12.0. The Hall–Kier alpha value is -0.820. The van der Waals surface area contributed by atoms with Gasteiger partial charge in [-0.15, -0.1) is 0 Å². The lowest BCUT2D eigenvalue weighted by atomic mass is 9.91. The van der Waals surface area contributed by atoms with Crippen LogP contribution >= 0.6 is 0 Å². The highest BCUT2D eigenvalue weighted by molar-refractivity contribution is 5.19. The van der Waals surface area contributed by atoms with Crippen LogP contribution in [0.5, 0.6) is 0 Å². The zero-order valence-electron chi connectivity index (χ0n) is 9.94. The monoisotopic (exact) mass is 215 g/mol. The minimum atomic E-state index is 0.812. The normalized spacial score (nSPS) is 31.0. The van der Waals surface area contributed by atoms with Crippen LogP contribution in [0.1, 0.15) is 43.6 Å². The zero-order chi connectivity index (χ0) is 10.8. The molecule has 0 saturated carbocycles. The van der Waals surface area contributed by atoms with Gasteiger partial charge in [0.1, 0.15) is 0 Å². The summed E-state index contributed by atoms with van der Waals surface area (Å²) in [6.45, 7) is 2.68. The van der Waals surface area contributed by atoms with Gasteiger partial charge < -0.3 is 4.90 Å². The molecule has 3 rings (SSSR count). The van der Waals surface area contributed by atoms with Crippen LogP contribution in [0.4, 0.5) is 0 Å². The molecule has 2 atom stereocenters. The van der Waals surface area contributed by atoms with Gasteiger partial charge in [-0.05, 0) is 56.7 Å². The van der Waals surface area contributed by atoms with Crippen LogP contribution in [0.25, 0.3) is 0 Å². The van der Waals surface area contributed by atoms with Crippen molar-refractivity contribution in [1.82, 2.24) is 4.90 Å². The van der Waals surface area contributed by atoms with Crippen LogP contribution in [0.15, 0.2) is 30.3 Å². The largest absolute Gasteiger partial charge is 0.300 e. The number of hydrogen-bond acceptors (Lipinski definition) is 1. The van der Waals surface area contributed by atoms with E-state index in [1.165, 1.54) is 45.2 Å². The van der Waals surface area contributed by atoms with Crippen molar-refractivity contribution < 1.29 is 0 Å². The van der Waals surface area contributed by atoms with E-state index in [9.17, 15) is 0 Å². The van der Waals surface area contributed by atoms with E-state index in [2.05, 4.69) is 35.2 Å². The number of fused-ring (bicyclic) bond motifs is 1. The Balaban J connectivity index is 1.71. The van der Waals surface area contributed by atoms with Gasteiger partial charge in [-0.1, -0.05) is 30.3 Å². The summed E-state index contributed by atoms with van der Waals surface area (Å²) in [7, 11) is 0. The van der Waals surface area contributed by atoms with Crippen LogP contribution in [-0.4, -0.2) is 24.0 Å². The fourth-order valence-electron chi connectivity index (χ4n) is 3.43. The molecular formula is C15H21N. The fourth-order valence-corrected chi connectivity index (χ4v) is 3.43. The molecule has 0 aliphatic carbocycles. The first-order valence-corrected chi connectivity index (χ1v) is 6.72. The van der Waals surface area contributed by atoms with Crippen molar-refractivity contribution in [3.8, 4) is 0 Å². The van der Waals surface area contributed by atoms with E-state index in [0.29, 0.717) is 0 Å². The van der Waals surface area contributed by atoms with Crippen LogP contribution in [0, 0.1) is 0 Å². The lowest BCUT2D eigenvalue weighted by Gasteiger charge is -2.20. The molecule has 0 N–H and O–H groups in total. The maximum Gasteiger partial charge on any atom is 0.00959 e. The zero-order valence-corrected chi connectivity index (χ0v) is 9.94. The molecule has 16 heavy (non-hydrogen) atoms. The highest BCUT2D eigenvalue weighted by Crippen LogP contribution is 2.33. The molecule has 0 unspecified atom stereocenters. The topological polar surface area (TPSA) is 3.24 Å². The standard InChI is InChI=1S/C15H21N/c1-2-5-13(6-3-1)14-8-9-15-7-4-11-16(15)12-10-14/h1-3,5-6,14-15H,4,7-12H2/t14-,15+/m1/s1. The molecule has 1 nitrogen and oxygen atoms in total. The lowest BCUT2D eigenvalue weighted by Crippen LogP contribution is -2.28. The molecule has 86 valence electrons. The Morgan fingerprint density at radius 3 is 2.62 bits per heavy atom. The third-order valence-corrected chi connectivity index (χ3v) is 4.38. The van der Waals surface area contributed by atoms with E-state index < -0.39 is 0 Å². The molecule has 2 aliphatic rings. The third kappa shape index (κ3) is 2.01. The van der Waals surface area contributed by atoms with E-state index in [-0.39, 0.29) is 0 Å². The van der Waals surface area contributed by atoms with Crippen molar-refractivity contribution in [2.45, 2.75) is 44.1 Å². The van der Waals surface area contributed by atoms with Crippen molar-refractivity contribution in [3.63, 3.8) is 0 Å². The van der Waals surface area contributed by atoms with Gasteiger partial charge in [0.25, 0.3) is 0 Å². The second-order valence-electron chi connectivity index (χ2n) is 5.31. The summed E-state index contributed by atoms with van der Waals surface area (Å²) in [4.78, 5) is 2.73. The first-order valence-electron chi connectivity index (χ1n) is 6.72. The Morgan fingerprint density at radius 2 is 1.75 bits per heavy atom. The van der Waals surface area contributed by atoms with Crippen molar-refractivity contribution in [2.75, 3.05) is 13.1 Å². The molecule has 0 amide bonds. The quantitative estimate of drug-likeness (QED) is 0.694. The Labute approximate surface area is 98.5 Å². The summed E-state index contributed by atoms with van der Waals surface area (Å²) in [5.74, 6) is 0.812. The minimum Gasteiger partial charge on any atom is -0.300 e. The average Bonchev–Trinajstić information content (AvgIpc) is 2.70. The minimum absolute atomic E-state index is 0.812. The highest BCUT2D eigenvalue weighted by atomic mass is 15.2. The third-order valence-electron chi connectivity index (χ3n) is 4.38. The van der Waals surface area contributed by atoms with Crippen molar-refractivity contribution >= 4 is 0 Å². The van der Waals surface area contributed by atoms with Gasteiger partial charge in [-0.25, -0.2) is 0 Å². The number of rotatable bonds is 1. The summed E-state index contributed by atoms with van der Waals surface area (Å²) in [5, 5.41) is 0. The van der Waals surface area contributed by atoms with E-state index in [1.807, 2.05) is 0 Å². The molecule has 0 aromatic heterocycles. The van der Waals surface area contributed by atoms with Gasteiger partial charge in [0.2, 0.25) is 0 Å². The second kappa shape index (κ2) is 4.58. The predicted octanol–water partition coefficient (Wildman–Crippen LogP) is 3.42. The molecule has 0 radical (unpaired) electrons. The van der Waals surface area contributed by atoms with Gasteiger partial charge in [0.15, 0.2) is 0 Å². The molecule has 0 bridgehead atoms. The predicted molar refractivity (Wildman–Crippen MR) is 67.6 cm³/mol. The average molecular weight is 215 g/mol. The van der Waals surface area contributed by atoms with Crippen LogP contribution in [0.3, 0.4) is 0 Å². The SMILES string of the molecule is c1ccc([C@@H]2CC[C@@H]3CCCN3CC2)cc1. The van der Waals surface area contributed by atoms with Gasteiger partial charge in [-0.3, -0.25) is 0 Å². The molecule has 2 saturated heterocycles. The summed E-state index contributed by atoms with van der Waals surface area (Å²) >= 11 is 0. The molecule has 2 heterocycles. The number of nitrogens with zero attached hydrogens (tertiary/aromatic N) is 1. The second-order valence-corrected chi connectivity index (χ2v) is 5.31. The van der Waals surface area contributed by atoms with Crippen LogP contribution in [0.2, 0.25) is 0 Å². The summed E-state index contributed by atoms with van der Waals surface area (Å²) in [6.07, 6.45) is 7.05. The number of hydrogen-bond donors (Lipinski definition) is 0. The molecule has 2 aliphatic heterocycles. The van der Waals surface area contributed by atoms with Gasteiger partial charge in [0, 0.05) is 6.04 Å². The van der Waals surface area contributed by atoms with E-state index in [1.54, 1.807) is 5.56 Å². The lowest BCUT2D eigenvalue weighted by molar-refractivity contribution is 0.260. The van der Waals surface area contributed by atoms with Crippen molar-refractivity contribution in [2.24, 2.45) is 0 Å². The Bertz CT molecular complexity index is 319. The Morgan fingerprint density at radius 1 is 0.875 bits per heavy atom. The maximum atomic E-state index is 2.73. The molecular weight excluding hydrogens is 194 g/mol. The van der Waals surface area contributed by atoms with Crippen LogP contribution in [-0.2, 0) is 0 Å². The number of benzene rings is 1. The summed E-state index contributed by atoms with van der Waals surface area (Å²) < 4.78 is 0.